The van der Waals surface area contributed by atoms with Gasteiger partial charge in [-0.2, -0.15) is 0 Å². The zero-order chi connectivity index (χ0) is 13.9. The molecule has 2 atom stereocenters. The van der Waals surface area contributed by atoms with Crippen LogP contribution in [-0.2, 0) is 6.54 Å². The number of aliphatic hydroxyl groups excluding tert-OH is 1. The lowest BCUT2D eigenvalue weighted by molar-refractivity contribution is 0.0982. The first-order valence-electron chi connectivity index (χ1n) is 6.84. The molecular weight excluding hydrogens is 281 g/mol. The predicted molar refractivity (Wildman–Crippen MR) is 80.8 cm³/mol. The number of hydrogen-bond donors (Lipinski definition) is 2. The normalized spacial score (nSPS) is 27.5. The van der Waals surface area contributed by atoms with Crippen molar-refractivity contribution >= 4 is 23.2 Å². The summed E-state index contributed by atoms with van der Waals surface area (Å²) in [7, 11) is 0. The molecule has 0 spiro atoms. The molecule has 1 saturated carbocycles. The van der Waals surface area contributed by atoms with Crippen LogP contribution in [0, 0.1) is 5.92 Å². The van der Waals surface area contributed by atoms with E-state index in [-0.39, 0.29) is 12.1 Å². The van der Waals surface area contributed by atoms with Gasteiger partial charge in [0, 0.05) is 22.1 Å². The number of aliphatic hydroxyl groups is 1. The molecule has 0 radical (unpaired) electrons. The van der Waals surface area contributed by atoms with Crippen LogP contribution >= 0.6 is 23.2 Å². The Hall–Kier alpha value is -0.280. The van der Waals surface area contributed by atoms with Gasteiger partial charge in [-0.25, -0.2) is 0 Å². The van der Waals surface area contributed by atoms with Gasteiger partial charge in [0.25, 0.3) is 0 Å². The van der Waals surface area contributed by atoms with Gasteiger partial charge in [-0.15, -0.1) is 0 Å². The second kappa shape index (κ2) is 6.45. The Labute approximate surface area is 125 Å². The molecule has 0 aromatic heterocycles. The average Bonchev–Trinajstić information content (AvgIpc) is 2.35. The van der Waals surface area contributed by atoms with Crippen LogP contribution in [0.25, 0.3) is 0 Å². The monoisotopic (exact) mass is 301 g/mol. The van der Waals surface area contributed by atoms with Crippen molar-refractivity contribution in [3.8, 4) is 0 Å². The Morgan fingerprint density at radius 1 is 1.32 bits per heavy atom. The number of hydrogen-bond acceptors (Lipinski definition) is 2. The van der Waals surface area contributed by atoms with Crippen LogP contribution in [0.15, 0.2) is 18.2 Å². The Morgan fingerprint density at radius 2 is 2.00 bits per heavy atom. The molecule has 0 bridgehead atoms. The molecule has 2 unspecified atom stereocenters. The number of rotatable bonds is 4. The molecule has 1 aromatic rings. The van der Waals surface area contributed by atoms with Gasteiger partial charge >= 0.3 is 0 Å². The number of nitrogens with one attached hydrogen (secondary N) is 1. The van der Waals surface area contributed by atoms with Crippen molar-refractivity contribution in [2.45, 2.75) is 44.7 Å². The second-order valence-electron chi connectivity index (χ2n) is 5.77. The molecule has 0 heterocycles. The summed E-state index contributed by atoms with van der Waals surface area (Å²) < 4.78 is 0. The molecule has 1 aliphatic carbocycles. The summed E-state index contributed by atoms with van der Waals surface area (Å²) in [5.41, 5.74) is 0.912. The molecule has 19 heavy (non-hydrogen) atoms. The molecule has 2 rings (SSSR count). The summed E-state index contributed by atoms with van der Waals surface area (Å²) in [4.78, 5) is 0. The third-order valence-corrected chi connectivity index (χ3v) is 4.42. The molecule has 1 fully saturated rings. The molecule has 0 saturated heterocycles. The fourth-order valence-electron chi connectivity index (χ4n) is 3.02. The van der Waals surface area contributed by atoms with E-state index in [1.165, 1.54) is 12.8 Å². The first-order chi connectivity index (χ1) is 9.03. The maximum atomic E-state index is 9.73. The summed E-state index contributed by atoms with van der Waals surface area (Å²) >= 11 is 12.0. The third-order valence-electron chi connectivity index (χ3n) is 3.98. The first-order valence-corrected chi connectivity index (χ1v) is 7.59. The van der Waals surface area contributed by atoms with E-state index in [2.05, 4.69) is 12.2 Å². The highest BCUT2D eigenvalue weighted by Crippen LogP contribution is 2.32. The molecule has 0 amide bonds. The Bertz CT molecular complexity index is 418. The van der Waals surface area contributed by atoms with Crippen LogP contribution < -0.4 is 5.32 Å². The minimum Gasteiger partial charge on any atom is -0.394 e. The summed E-state index contributed by atoms with van der Waals surface area (Å²) in [5.74, 6) is 0.663. The first kappa shape index (κ1) is 15.1. The van der Waals surface area contributed by atoms with Crippen molar-refractivity contribution in [3.63, 3.8) is 0 Å². The van der Waals surface area contributed by atoms with Gasteiger partial charge in [-0.05, 0) is 42.5 Å². The van der Waals surface area contributed by atoms with Crippen molar-refractivity contribution in [2.24, 2.45) is 5.92 Å². The van der Waals surface area contributed by atoms with Crippen LogP contribution in [0.1, 0.15) is 38.2 Å². The maximum absolute atomic E-state index is 9.73. The zero-order valence-corrected chi connectivity index (χ0v) is 12.8. The summed E-state index contributed by atoms with van der Waals surface area (Å²) in [6.45, 7) is 3.13. The van der Waals surface area contributed by atoms with E-state index in [0.29, 0.717) is 22.5 Å². The highest BCUT2D eigenvalue weighted by molar-refractivity contribution is 6.34. The van der Waals surface area contributed by atoms with Gasteiger partial charge in [-0.3, -0.25) is 0 Å². The third kappa shape index (κ3) is 4.09. The molecule has 1 aliphatic rings. The van der Waals surface area contributed by atoms with Gasteiger partial charge < -0.3 is 10.4 Å². The fraction of sp³-hybridized carbons (Fsp3) is 0.600. The smallest absolute Gasteiger partial charge is 0.0613 e. The average molecular weight is 302 g/mol. The van der Waals surface area contributed by atoms with Gasteiger partial charge in [-0.1, -0.05) is 43.0 Å². The van der Waals surface area contributed by atoms with E-state index in [9.17, 15) is 5.11 Å². The molecule has 1 aromatic carbocycles. The van der Waals surface area contributed by atoms with Crippen LogP contribution in [0.2, 0.25) is 10.0 Å². The molecule has 106 valence electrons. The van der Waals surface area contributed by atoms with Crippen molar-refractivity contribution in [1.82, 2.24) is 5.32 Å². The van der Waals surface area contributed by atoms with Crippen molar-refractivity contribution < 1.29 is 5.11 Å². The Morgan fingerprint density at radius 3 is 2.58 bits per heavy atom. The Kier molecular flexibility index (Phi) is 5.13. The summed E-state index contributed by atoms with van der Waals surface area (Å²) in [5, 5.41) is 14.6. The zero-order valence-electron chi connectivity index (χ0n) is 11.3. The van der Waals surface area contributed by atoms with E-state index in [1.807, 2.05) is 12.1 Å². The molecule has 2 N–H and O–H groups in total. The summed E-state index contributed by atoms with van der Waals surface area (Å²) in [6, 6.07) is 5.56. The van der Waals surface area contributed by atoms with E-state index in [4.69, 9.17) is 23.2 Å². The molecule has 4 heteroatoms. The number of benzene rings is 1. The van der Waals surface area contributed by atoms with Gasteiger partial charge in [0.15, 0.2) is 0 Å². The van der Waals surface area contributed by atoms with Crippen LogP contribution in [0.5, 0.6) is 0 Å². The summed E-state index contributed by atoms with van der Waals surface area (Å²) in [6.07, 6.45) is 4.48. The SMILES string of the molecule is CC1CCCC(CO)(NCc2cc(Cl)cc(Cl)c2)C1. The highest BCUT2D eigenvalue weighted by Gasteiger charge is 2.33. The van der Waals surface area contributed by atoms with Crippen molar-refractivity contribution in [1.29, 1.82) is 0 Å². The molecule has 0 aliphatic heterocycles. The van der Waals surface area contributed by atoms with E-state index in [1.54, 1.807) is 6.07 Å². The van der Waals surface area contributed by atoms with E-state index >= 15 is 0 Å². The lowest BCUT2D eigenvalue weighted by atomic mass is 9.77. The molecular formula is C15H21Cl2NO. The van der Waals surface area contributed by atoms with Crippen LogP contribution in [-0.4, -0.2) is 17.3 Å². The largest absolute Gasteiger partial charge is 0.394 e. The van der Waals surface area contributed by atoms with Crippen molar-refractivity contribution in [2.75, 3.05) is 6.61 Å². The van der Waals surface area contributed by atoms with Crippen molar-refractivity contribution in [3.05, 3.63) is 33.8 Å². The standard InChI is InChI=1S/C15H21Cl2NO/c1-11-3-2-4-15(8-11,10-19)18-9-12-5-13(16)7-14(17)6-12/h5-7,11,18-19H,2-4,8-10H2,1H3. The second-order valence-corrected chi connectivity index (χ2v) is 6.64. The quantitative estimate of drug-likeness (QED) is 0.880. The number of halogens is 2. The van der Waals surface area contributed by atoms with Crippen LogP contribution in [0.3, 0.4) is 0 Å². The van der Waals surface area contributed by atoms with E-state index in [0.717, 1.165) is 18.4 Å². The predicted octanol–water partition coefficient (Wildman–Crippen LogP) is 4.02. The topological polar surface area (TPSA) is 32.3 Å². The van der Waals surface area contributed by atoms with Gasteiger partial charge in [0.05, 0.1) is 6.61 Å². The highest BCUT2D eigenvalue weighted by atomic mass is 35.5. The lowest BCUT2D eigenvalue weighted by Crippen LogP contribution is -2.51. The minimum absolute atomic E-state index is 0.146. The van der Waals surface area contributed by atoms with Gasteiger partial charge in [0.2, 0.25) is 0 Å². The fourth-order valence-corrected chi connectivity index (χ4v) is 3.59. The lowest BCUT2D eigenvalue weighted by Gasteiger charge is -2.39. The molecule has 2 nitrogen and oxygen atoms in total. The maximum Gasteiger partial charge on any atom is 0.0613 e. The Balaban J connectivity index is 2.03. The van der Waals surface area contributed by atoms with E-state index < -0.39 is 0 Å². The van der Waals surface area contributed by atoms with Gasteiger partial charge in [0.1, 0.15) is 0 Å². The van der Waals surface area contributed by atoms with Crippen LogP contribution in [0.4, 0.5) is 0 Å². The minimum atomic E-state index is -0.146.